The standard InChI is InChI=1S/C42H25N/c1-3-14-30-27(10-1)24-28-11-2-4-15-31(28)39(30)29-21-22-36-34(25-29)41-38(20-9-23-43-41)42(36)35-18-6-5-16-32(35)33-17-7-12-26-13-8-19-37(42)40(26)33/h1-25H. The average Bonchev–Trinajstić information content (AvgIpc) is 3.36. The van der Waals surface area contributed by atoms with Crippen molar-refractivity contribution in [2.24, 2.45) is 0 Å². The Bertz CT molecular complexity index is 2410. The Kier molecular flexibility index (Phi) is 4.44. The number of aromatic nitrogens is 1. The Morgan fingerprint density at radius 3 is 1.88 bits per heavy atom. The summed E-state index contributed by atoms with van der Waals surface area (Å²) in [7, 11) is 0. The molecule has 10 rings (SSSR count). The van der Waals surface area contributed by atoms with E-state index in [2.05, 4.69) is 146 Å². The van der Waals surface area contributed by atoms with E-state index in [0.717, 1.165) is 5.69 Å². The molecule has 198 valence electrons. The first-order valence-electron chi connectivity index (χ1n) is 15.0. The molecule has 0 aliphatic heterocycles. The van der Waals surface area contributed by atoms with E-state index in [9.17, 15) is 0 Å². The maximum Gasteiger partial charge on any atom is 0.0753 e. The van der Waals surface area contributed by atoms with Gasteiger partial charge in [0.15, 0.2) is 0 Å². The van der Waals surface area contributed by atoms with Crippen LogP contribution in [0, 0.1) is 0 Å². The Morgan fingerprint density at radius 1 is 0.419 bits per heavy atom. The number of hydrogen-bond donors (Lipinski definition) is 0. The molecular formula is C42H25N. The van der Waals surface area contributed by atoms with Crippen molar-refractivity contribution in [2.45, 2.75) is 5.41 Å². The predicted octanol–water partition coefficient (Wildman–Crippen LogP) is 10.6. The van der Waals surface area contributed by atoms with Gasteiger partial charge in [-0.2, -0.15) is 0 Å². The lowest BCUT2D eigenvalue weighted by atomic mass is 9.61. The van der Waals surface area contributed by atoms with Gasteiger partial charge in [0.25, 0.3) is 0 Å². The van der Waals surface area contributed by atoms with Crippen LogP contribution in [0.5, 0.6) is 0 Å². The third-order valence-electron chi connectivity index (χ3n) is 9.88. The van der Waals surface area contributed by atoms with E-state index in [0.29, 0.717) is 0 Å². The van der Waals surface area contributed by atoms with Crippen LogP contribution < -0.4 is 0 Å². The van der Waals surface area contributed by atoms with Crippen LogP contribution in [0.4, 0.5) is 0 Å². The minimum absolute atomic E-state index is 0.442. The molecule has 1 atom stereocenters. The van der Waals surface area contributed by atoms with Gasteiger partial charge in [0.1, 0.15) is 0 Å². The van der Waals surface area contributed by atoms with Gasteiger partial charge in [0.2, 0.25) is 0 Å². The monoisotopic (exact) mass is 543 g/mol. The highest BCUT2D eigenvalue weighted by Gasteiger charge is 2.50. The summed E-state index contributed by atoms with van der Waals surface area (Å²) in [5.41, 5.74) is 12.2. The zero-order valence-electron chi connectivity index (χ0n) is 23.4. The minimum Gasteiger partial charge on any atom is -0.256 e. The summed E-state index contributed by atoms with van der Waals surface area (Å²) in [6.07, 6.45) is 1.95. The zero-order valence-corrected chi connectivity index (χ0v) is 23.4. The molecule has 0 bridgehead atoms. The van der Waals surface area contributed by atoms with Crippen LogP contribution in [-0.4, -0.2) is 4.98 Å². The number of rotatable bonds is 1. The van der Waals surface area contributed by atoms with Gasteiger partial charge in [-0.1, -0.05) is 127 Å². The first-order valence-corrected chi connectivity index (χ1v) is 15.0. The van der Waals surface area contributed by atoms with Crippen LogP contribution >= 0.6 is 0 Å². The lowest BCUT2D eigenvalue weighted by molar-refractivity contribution is 0.771. The van der Waals surface area contributed by atoms with Crippen LogP contribution in [-0.2, 0) is 5.41 Å². The summed E-state index contributed by atoms with van der Waals surface area (Å²) >= 11 is 0. The normalized spacial score (nSPS) is 16.0. The summed E-state index contributed by atoms with van der Waals surface area (Å²) in [4.78, 5) is 5.10. The van der Waals surface area contributed by atoms with Crippen LogP contribution in [0.3, 0.4) is 0 Å². The van der Waals surface area contributed by atoms with Crippen molar-refractivity contribution in [3.8, 4) is 33.5 Å². The fraction of sp³-hybridized carbons (Fsp3) is 0.0238. The molecule has 0 saturated heterocycles. The van der Waals surface area contributed by atoms with Gasteiger partial charge in [-0.25, -0.2) is 0 Å². The second-order valence-electron chi connectivity index (χ2n) is 11.9. The molecule has 2 aliphatic carbocycles. The second kappa shape index (κ2) is 8.27. The number of nitrogens with zero attached hydrogens (tertiary/aromatic N) is 1. The molecule has 2 aliphatic rings. The van der Waals surface area contributed by atoms with E-state index in [4.69, 9.17) is 4.98 Å². The molecule has 1 heterocycles. The highest BCUT2D eigenvalue weighted by molar-refractivity contribution is 6.13. The van der Waals surface area contributed by atoms with E-state index >= 15 is 0 Å². The predicted molar refractivity (Wildman–Crippen MR) is 178 cm³/mol. The zero-order chi connectivity index (χ0) is 28.1. The Morgan fingerprint density at radius 2 is 1.05 bits per heavy atom. The molecular weight excluding hydrogens is 518 g/mol. The van der Waals surface area contributed by atoms with E-state index in [-0.39, 0.29) is 0 Å². The fourth-order valence-corrected chi connectivity index (χ4v) is 8.26. The van der Waals surface area contributed by atoms with Crippen LogP contribution in [0.1, 0.15) is 22.3 Å². The Hall–Kier alpha value is -5.53. The molecule has 1 nitrogen and oxygen atoms in total. The van der Waals surface area contributed by atoms with Gasteiger partial charge in [0, 0.05) is 11.8 Å². The van der Waals surface area contributed by atoms with Crippen molar-refractivity contribution in [3.63, 3.8) is 0 Å². The van der Waals surface area contributed by atoms with Gasteiger partial charge in [-0.3, -0.25) is 4.98 Å². The second-order valence-corrected chi connectivity index (χ2v) is 11.9. The lowest BCUT2D eigenvalue weighted by Crippen LogP contribution is -2.31. The van der Waals surface area contributed by atoms with Crippen LogP contribution in [0.15, 0.2) is 152 Å². The molecule has 1 unspecified atom stereocenters. The molecule has 8 aromatic rings. The lowest BCUT2D eigenvalue weighted by Gasteiger charge is -2.39. The number of hydrogen-bond acceptors (Lipinski definition) is 1. The summed E-state index contributed by atoms with van der Waals surface area (Å²) < 4.78 is 0. The molecule has 0 saturated carbocycles. The molecule has 0 fully saturated rings. The maximum atomic E-state index is 5.10. The summed E-state index contributed by atoms with van der Waals surface area (Å²) in [6, 6.07) is 53.9. The molecule has 7 aromatic carbocycles. The highest BCUT2D eigenvalue weighted by Crippen LogP contribution is 2.61. The molecule has 1 spiro atoms. The molecule has 0 amide bonds. The van der Waals surface area contributed by atoms with Gasteiger partial charge in [-0.15, -0.1) is 0 Å². The Labute approximate surface area is 249 Å². The van der Waals surface area contributed by atoms with Crippen molar-refractivity contribution < 1.29 is 0 Å². The third kappa shape index (κ3) is 2.84. The summed E-state index contributed by atoms with van der Waals surface area (Å²) in [5, 5.41) is 7.69. The minimum atomic E-state index is -0.442. The van der Waals surface area contributed by atoms with Gasteiger partial charge in [-0.05, 0) is 95.0 Å². The van der Waals surface area contributed by atoms with Crippen LogP contribution in [0.2, 0.25) is 0 Å². The maximum absolute atomic E-state index is 5.10. The Balaban J connectivity index is 1.35. The highest BCUT2D eigenvalue weighted by atomic mass is 14.7. The molecule has 43 heavy (non-hydrogen) atoms. The molecule has 1 heteroatoms. The fourth-order valence-electron chi connectivity index (χ4n) is 8.26. The quantitative estimate of drug-likeness (QED) is 0.188. The van der Waals surface area contributed by atoms with Gasteiger partial charge >= 0.3 is 0 Å². The van der Waals surface area contributed by atoms with Gasteiger partial charge < -0.3 is 0 Å². The van der Waals surface area contributed by atoms with Crippen molar-refractivity contribution in [2.75, 3.05) is 0 Å². The van der Waals surface area contributed by atoms with E-state index in [1.807, 2.05) is 6.20 Å². The number of fused-ring (bicyclic) bond motifs is 11. The summed E-state index contributed by atoms with van der Waals surface area (Å²) in [6.45, 7) is 0. The molecule has 0 radical (unpaired) electrons. The van der Waals surface area contributed by atoms with Crippen molar-refractivity contribution in [1.82, 2.24) is 4.98 Å². The van der Waals surface area contributed by atoms with Gasteiger partial charge in [0.05, 0.1) is 11.1 Å². The largest absolute Gasteiger partial charge is 0.256 e. The third-order valence-corrected chi connectivity index (χ3v) is 9.88. The van der Waals surface area contributed by atoms with Crippen molar-refractivity contribution in [3.05, 3.63) is 174 Å². The number of pyridine rings is 1. The van der Waals surface area contributed by atoms with Crippen LogP contribution in [0.25, 0.3) is 65.8 Å². The van der Waals surface area contributed by atoms with Crippen molar-refractivity contribution in [1.29, 1.82) is 0 Å². The first kappa shape index (κ1) is 23.1. The smallest absolute Gasteiger partial charge is 0.0753 e. The average molecular weight is 544 g/mol. The van der Waals surface area contributed by atoms with E-state index in [1.54, 1.807) is 0 Å². The van der Waals surface area contributed by atoms with E-state index < -0.39 is 5.41 Å². The topological polar surface area (TPSA) is 12.9 Å². The van der Waals surface area contributed by atoms with Crippen molar-refractivity contribution >= 4 is 32.3 Å². The molecule has 0 N–H and O–H groups in total. The molecule has 1 aromatic heterocycles. The SMILES string of the molecule is c1ccc2c(c1)-c1cccc3cccc(c13)C21c2ccc(-c3c4ccccc4cc4ccccc34)cc2-c2ncccc21. The van der Waals surface area contributed by atoms with E-state index in [1.165, 1.54) is 82.4 Å². The number of benzene rings is 7. The first-order chi connectivity index (χ1) is 21.3. The summed E-state index contributed by atoms with van der Waals surface area (Å²) in [5.74, 6) is 0.